The molecule has 26 heavy (non-hydrogen) atoms. The molecule has 0 saturated heterocycles. The van der Waals surface area contributed by atoms with Crippen LogP contribution < -0.4 is 0 Å². The van der Waals surface area contributed by atoms with Gasteiger partial charge in [-0.2, -0.15) is 11.3 Å². The first kappa shape index (κ1) is 16.9. The molecule has 7 nitrogen and oxygen atoms in total. The zero-order chi connectivity index (χ0) is 19.0. The zero-order valence-electron chi connectivity index (χ0n) is 13.6. The smallest absolute Gasteiger partial charge is 0.199 e. The van der Waals surface area contributed by atoms with Crippen LogP contribution in [0.1, 0.15) is 62.4 Å². The first-order chi connectivity index (χ1) is 12.2. The van der Waals surface area contributed by atoms with E-state index in [2.05, 4.69) is 0 Å². The van der Waals surface area contributed by atoms with E-state index in [9.17, 15) is 34.8 Å². The highest BCUT2D eigenvalue weighted by Gasteiger charge is 2.47. The number of aliphatic hydroxyl groups excluding tert-OH is 1. The Morgan fingerprint density at radius 1 is 1.12 bits per heavy atom. The quantitative estimate of drug-likeness (QED) is 0.471. The summed E-state index contributed by atoms with van der Waals surface area (Å²) in [6.07, 6.45) is -2.23. The van der Waals surface area contributed by atoms with Crippen molar-refractivity contribution in [2.45, 2.75) is 31.5 Å². The molecule has 0 spiro atoms. The van der Waals surface area contributed by atoms with Gasteiger partial charge in [-0.1, -0.05) is 0 Å². The van der Waals surface area contributed by atoms with Crippen molar-refractivity contribution in [3.8, 4) is 11.5 Å². The van der Waals surface area contributed by atoms with Crippen LogP contribution in [0.3, 0.4) is 0 Å². The number of carbonyl (C=O) groups is 3. The number of benzene rings is 1. The van der Waals surface area contributed by atoms with Gasteiger partial charge in [0.25, 0.3) is 0 Å². The number of ketones is 3. The lowest BCUT2D eigenvalue weighted by Crippen LogP contribution is -2.44. The van der Waals surface area contributed by atoms with Crippen molar-refractivity contribution in [1.29, 1.82) is 0 Å². The summed E-state index contributed by atoms with van der Waals surface area (Å²) in [5.41, 5.74) is -2.63. The Morgan fingerprint density at radius 3 is 2.19 bits per heavy atom. The lowest BCUT2D eigenvalue weighted by molar-refractivity contribution is -0.139. The van der Waals surface area contributed by atoms with Gasteiger partial charge < -0.3 is 20.4 Å². The van der Waals surface area contributed by atoms with E-state index in [4.69, 9.17) is 0 Å². The van der Waals surface area contributed by atoms with Gasteiger partial charge in [-0.3, -0.25) is 14.4 Å². The highest BCUT2D eigenvalue weighted by molar-refractivity contribution is 7.08. The third-order valence-electron chi connectivity index (χ3n) is 5.18. The number of aromatic hydroxyl groups is 2. The van der Waals surface area contributed by atoms with Crippen molar-refractivity contribution in [3.63, 3.8) is 0 Å². The minimum Gasteiger partial charge on any atom is -0.507 e. The maximum Gasteiger partial charge on any atom is 0.199 e. The second kappa shape index (κ2) is 5.23. The van der Waals surface area contributed by atoms with Crippen LogP contribution in [0, 0.1) is 0 Å². The number of thiophene rings is 1. The highest BCUT2D eigenvalue weighted by Crippen LogP contribution is 2.50. The van der Waals surface area contributed by atoms with Crippen LogP contribution in [0.5, 0.6) is 11.5 Å². The topological polar surface area (TPSA) is 132 Å². The highest BCUT2D eigenvalue weighted by atomic mass is 32.1. The van der Waals surface area contributed by atoms with Crippen molar-refractivity contribution in [3.05, 3.63) is 44.1 Å². The molecule has 1 heterocycles. The predicted octanol–water partition coefficient (Wildman–Crippen LogP) is 1.23. The lowest BCUT2D eigenvalue weighted by Gasteiger charge is -2.36. The van der Waals surface area contributed by atoms with Crippen LogP contribution >= 0.6 is 11.3 Å². The summed E-state index contributed by atoms with van der Waals surface area (Å²) >= 11 is 1.14. The summed E-state index contributed by atoms with van der Waals surface area (Å²) in [5, 5.41) is 45.1. The summed E-state index contributed by atoms with van der Waals surface area (Å²) in [6, 6.07) is 0. The average Bonchev–Trinajstić information content (AvgIpc) is 3.05. The Balaban J connectivity index is 2.03. The molecule has 0 fully saturated rings. The molecular weight excluding hydrogens is 360 g/mol. The SMILES string of the molecule is CC(=O)[C@]1(O)Cc2c(O)c3c(c(O)c2[C@H](O)C1)C(=O)c1cscc1C3=O. The maximum atomic E-state index is 12.7. The summed E-state index contributed by atoms with van der Waals surface area (Å²) in [7, 11) is 0. The van der Waals surface area contributed by atoms with Gasteiger partial charge in [-0.05, 0) is 6.92 Å². The standard InChI is InChI=1S/C18H14O7S/c1-6(19)18(25)2-7-11(10(20)3-18)17(24)13-12(14(7)21)15(22)8-4-26-5-9(8)16(13)23/h4-5,10,20-21,24-25H,2-3H2,1H3/t10-,18+/m1/s1. The van der Waals surface area contributed by atoms with E-state index < -0.39 is 40.6 Å². The molecule has 1 aromatic carbocycles. The van der Waals surface area contributed by atoms with Crippen molar-refractivity contribution >= 4 is 28.7 Å². The van der Waals surface area contributed by atoms with Gasteiger partial charge in [-0.25, -0.2) is 0 Å². The molecule has 0 amide bonds. The summed E-state index contributed by atoms with van der Waals surface area (Å²) in [4.78, 5) is 37.2. The fourth-order valence-electron chi connectivity index (χ4n) is 3.75. The number of aliphatic hydroxyl groups is 2. The van der Waals surface area contributed by atoms with Gasteiger partial charge >= 0.3 is 0 Å². The van der Waals surface area contributed by atoms with E-state index in [0.717, 1.165) is 18.3 Å². The number of rotatable bonds is 1. The first-order valence-corrected chi connectivity index (χ1v) is 8.79. The fourth-order valence-corrected chi connectivity index (χ4v) is 4.55. The second-order valence-corrected chi connectivity index (χ2v) is 7.42. The molecule has 134 valence electrons. The molecule has 0 bridgehead atoms. The van der Waals surface area contributed by atoms with E-state index in [1.54, 1.807) is 0 Å². The fraction of sp³-hybridized carbons (Fsp3) is 0.278. The van der Waals surface area contributed by atoms with Gasteiger partial charge in [0.15, 0.2) is 17.3 Å². The molecule has 0 radical (unpaired) electrons. The normalized spacial score (nSPS) is 24.0. The van der Waals surface area contributed by atoms with Crippen LogP contribution in [0.2, 0.25) is 0 Å². The number of Topliss-reactive ketones (excluding diaryl/α,β-unsaturated/α-hetero) is 1. The molecule has 2 aliphatic carbocycles. The third-order valence-corrected chi connectivity index (χ3v) is 5.93. The van der Waals surface area contributed by atoms with Crippen LogP contribution in [-0.2, 0) is 11.2 Å². The van der Waals surface area contributed by atoms with Gasteiger partial charge in [0.05, 0.1) is 17.2 Å². The molecule has 2 atom stereocenters. The molecule has 0 aliphatic heterocycles. The van der Waals surface area contributed by atoms with Crippen LogP contribution in [0.4, 0.5) is 0 Å². The predicted molar refractivity (Wildman–Crippen MR) is 89.9 cm³/mol. The molecular formula is C18H14O7S. The van der Waals surface area contributed by atoms with Gasteiger partial charge in [0.2, 0.25) is 0 Å². The van der Waals surface area contributed by atoms with E-state index in [1.165, 1.54) is 10.8 Å². The second-order valence-electron chi connectivity index (χ2n) is 6.68. The number of phenols is 2. The summed E-state index contributed by atoms with van der Waals surface area (Å²) in [6.45, 7) is 1.15. The Hall–Kier alpha value is -2.55. The first-order valence-electron chi connectivity index (χ1n) is 7.85. The van der Waals surface area contributed by atoms with E-state index in [-0.39, 0.29) is 46.2 Å². The minimum absolute atomic E-state index is 0.0995. The molecule has 1 aromatic heterocycles. The van der Waals surface area contributed by atoms with Crippen molar-refractivity contribution in [2.24, 2.45) is 0 Å². The molecule has 4 N–H and O–H groups in total. The Bertz CT molecular complexity index is 1020. The molecule has 4 rings (SSSR count). The average molecular weight is 374 g/mol. The van der Waals surface area contributed by atoms with Crippen LogP contribution in [0.15, 0.2) is 10.8 Å². The molecule has 2 aliphatic rings. The number of phenolic OH excluding ortho intramolecular Hbond substituents is 2. The lowest BCUT2D eigenvalue weighted by atomic mass is 9.72. The van der Waals surface area contributed by atoms with Crippen LogP contribution in [-0.4, -0.2) is 43.4 Å². The largest absolute Gasteiger partial charge is 0.507 e. The number of carbonyl (C=O) groups excluding carboxylic acids is 3. The Kier molecular flexibility index (Phi) is 3.40. The van der Waals surface area contributed by atoms with E-state index in [1.807, 2.05) is 0 Å². The molecule has 0 saturated carbocycles. The van der Waals surface area contributed by atoms with Crippen molar-refractivity contribution in [2.75, 3.05) is 0 Å². The van der Waals surface area contributed by atoms with E-state index >= 15 is 0 Å². The van der Waals surface area contributed by atoms with Gasteiger partial charge in [0.1, 0.15) is 17.1 Å². The van der Waals surface area contributed by atoms with E-state index in [0.29, 0.717) is 0 Å². The third kappa shape index (κ3) is 1.97. The molecule has 2 aromatic rings. The number of hydrogen-bond acceptors (Lipinski definition) is 8. The van der Waals surface area contributed by atoms with Crippen molar-refractivity contribution < 1.29 is 34.8 Å². The monoisotopic (exact) mass is 374 g/mol. The van der Waals surface area contributed by atoms with Crippen LogP contribution in [0.25, 0.3) is 0 Å². The van der Waals surface area contributed by atoms with Gasteiger partial charge in [0, 0.05) is 45.9 Å². The zero-order valence-corrected chi connectivity index (χ0v) is 14.4. The molecule has 0 unspecified atom stereocenters. The molecule has 8 heteroatoms. The minimum atomic E-state index is -1.93. The number of fused-ring (bicyclic) bond motifs is 3. The maximum absolute atomic E-state index is 12.7. The summed E-state index contributed by atoms with van der Waals surface area (Å²) < 4.78 is 0. The van der Waals surface area contributed by atoms with Crippen molar-refractivity contribution in [1.82, 2.24) is 0 Å². The van der Waals surface area contributed by atoms with Gasteiger partial charge in [-0.15, -0.1) is 0 Å². The number of hydrogen-bond donors (Lipinski definition) is 4. The summed E-state index contributed by atoms with van der Waals surface area (Å²) in [5.74, 6) is -3.05. The Morgan fingerprint density at radius 2 is 1.65 bits per heavy atom. The Labute approximate surface area is 151 Å².